The summed E-state index contributed by atoms with van der Waals surface area (Å²) in [4.78, 5) is 14.5. The molecular formula is C20H19F3N2O4. The van der Waals surface area contributed by atoms with Crippen LogP contribution in [-0.4, -0.2) is 50.4 Å². The third-order valence-corrected chi connectivity index (χ3v) is 5.00. The second-order valence-corrected chi connectivity index (χ2v) is 6.71. The molecule has 0 spiro atoms. The van der Waals surface area contributed by atoms with E-state index in [2.05, 4.69) is 10.2 Å². The highest BCUT2D eigenvalue weighted by molar-refractivity contribution is 5.94. The summed E-state index contributed by atoms with van der Waals surface area (Å²) in [7, 11) is 0. The number of amides is 1. The van der Waals surface area contributed by atoms with Crippen molar-refractivity contribution in [2.45, 2.75) is 6.04 Å². The Kier molecular flexibility index (Phi) is 5.59. The molecule has 0 saturated carbocycles. The number of fused-ring (bicyclic) bond motifs is 1. The summed E-state index contributed by atoms with van der Waals surface area (Å²) in [5.74, 6) is -4.08. The summed E-state index contributed by atoms with van der Waals surface area (Å²) in [5.41, 5.74) is 0.331. The second kappa shape index (κ2) is 8.30. The summed E-state index contributed by atoms with van der Waals surface area (Å²) in [6, 6.07) is 6.91. The fourth-order valence-electron chi connectivity index (χ4n) is 3.45. The zero-order chi connectivity index (χ0) is 20.4. The second-order valence-electron chi connectivity index (χ2n) is 6.71. The highest BCUT2D eigenvalue weighted by Gasteiger charge is 2.26. The van der Waals surface area contributed by atoms with E-state index >= 15 is 0 Å². The lowest BCUT2D eigenvalue weighted by Crippen LogP contribution is -2.44. The predicted molar refractivity (Wildman–Crippen MR) is 96.3 cm³/mol. The Bertz CT molecular complexity index is 919. The molecule has 0 aromatic heterocycles. The first kappa shape index (κ1) is 19.5. The van der Waals surface area contributed by atoms with E-state index in [0.29, 0.717) is 37.8 Å². The van der Waals surface area contributed by atoms with Gasteiger partial charge in [0.2, 0.25) is 6.79 Å². The number of benzene rings is 2. The number of hydrogen-bond acceptors (Lipinski definition) is 5. The van der Waals surface area contributed by atoms with Gasteiger partial charge in [-0.15, -0.1) is 0 Å². The van der Waals surface area contributed by atoms with E-state index in [9.17, 15) is 18.0 Å². The topological polar surface area (TPSA) is 60.0 Å². The Morgan fingerprint density at radius 3 is 2.59 bits per heavy atom. The normalized spacial score (nSPS) is 17.2. The summed E-state index contributed by atoms with van der Waals surface area (Å²) in [6.07, 6.45) is 0. The van der Waals surface area contributed by atoms with Crippen LogP contribution < -0.4 is 14.8 Å². The summed E-state index contributed by atoms with van der Waals surface area (Å²) in [5, 5.41) is 2.63. The van der Waals surface area contributed by atoms with Gasteiger partial charge in [-0.25, -0.2) is 13.2 Å². The number of carbonyl (C=O) groups excluding carboxylic acids is 1. The lowest BCUT2D eigenvalue weighted by atomic mass is 10.0. The Balaban J connectivity index is 1.54. The molecule has 2 aromatic rings. The van der Waals surface area contributed by atoms with Crippen LogP contribution in [0.4, 0.5) is 13.2 Å². The molecule has 29 heavy (non-hydrogen) atoms. The monoisotopic (exact) mass is 408 g/mol. The molecule has 0 radical (unpaired) electrons. The molecule has 1 N–H and O–H groups in total. The molecule has 2 heterocycles. The van der Waals surface area contributed by atoms with Crippen LogP contribution in [0.15, 0.2) is 30.3 Å². The van der Waals surface area contributed by atoms with E-state index < -0.39 is 28.9 Å². The van der Waals surface area contributed by atoms with Crippen LogP contribution in [0.5, 0.6) is 11.5 Å². The summed E-state index contributed by atoms with van der Waals surface area (Å²) >= 11 is 0. The summed E-state index contributed by atoms with van der Waals surface area (Å²) in [6.45, 7) is 2.67. The molecule has 1 fully saturated rings. The molecule has 2 aliphatic rings. The SMILES string of the molecule is O=C(NC[C@@H](c1ccc2c(c1)OCO2)N1CCOCC1)c1ccc(F)c(F)c1F. The molecule has 154 valence electrons. The molecule has 1 atom stereocenters. The van der Waals surface area contributed by atoms with Crippen LogP contribution in [0, 0.1) is 17.5 Å². The molecule has 6 nitrogen and oxygen atoms in total. The Morgan fingerprint density at radius 2 is 1.79 bits per heavy atom. The van der Waals surface area contributed by atoms with Gasteiger partial charge in [-0.05, 0) is 29.8 Å². The van der Waals surface area contributed by atoms with Gasteiger partial charge < -0.3 is 19.5 Å². The zero-order valence-corrected chi connectivity index (χ0v) is 15.4. The van der Waals surface area contributed by atoms with Gasteiger partial charge in [0, 0.05) is 19.6 Å². The standard InChI is InChI=1S/C20H19F3N2O4/c21-14-3-2-13(18(22)19(14)23)20(26)24-10-15(25-5-7-27-8-6-25)12-1-4-16-17(9-12)29-11-28-16/h1-4,9,15H,5-8,10-11H2,(H,24,26)/t15-/m0/s1. The van der Waals surface area contributed by atoms with Gasteiger partial charge in [0.25, 0.3) is 5.91 Å². The number of nitrogens with one attached hydrogen (secondary N) is 1. The number of morpholine rings is 1. The lowest BCUT2D eigenvalue weighted by molar-refractivity contribution is 0.0162. The molecule has 0 bridgehead atoms. The van der Waals surface area contributed by atoms with Gasteiger partial charge in [-0.2, -0.15) is 0 Å². The van der Waals surface area contributed by atoms with Crippen LogP contribution in [0.2, 0.25) is 0 Å². The lowest BCUT2D eigenvalue weighted by Gasteiger charge is -2.35. The third kappa shape index (κ3) is 4.01. The zero-order valence-electron chi connectivity index (χ0n) is 15.4. The number of hydrogen-bond donors (Lipinski definition) is 1. The first-order valence-corrected chi connectivity index (χ1v) is 9.17. The van der Waals surface area contributed by atoms with Crippen molar-refractivity contribution in [3.63, 3.8) is 0 Å². The molecule has 0 aliphatic carbocycles. The number of rotatable bonds is 5. The fourth-order valence-corrected chi connectivity index (χ4v) is 3.45. The molecule has 2 aliphatic heterocycles. The van der Waals surface area contributed by atoms with Crippen molar-refractivity contribution in [3.8, 4) is 11.5 Å². The number of halogens is 3. The molecule has 1 amide bonds. The Morgan fingerprint density at radius 1 is 1.03 bits per heavy atom. The maximum Gasteiger partial charge on any atom is 0.254 e. The van der Waals surface area contributed by atoms with Crippen molar-refractivity contribution in [1.29, 1.82) is 0 Å². The Hall–Kier alpha value is -2.78. The quantitative estimate of drug-likeness (QED) is 0.771. The van der Waals surface area contributed by atoms with E-state index in [0.717, 1.165) is 17.7 Å². The van der Waals surface area contributed by atoms with E-state index in [4.69, 9.17) is 14.2 Å². The van der Waals surface area contributed by atoms with Crippen molar-refractivity contribution in [2.24, 2.45) is 0 Å². The van der Waals surface area contributed by atoms with Crippen LogP contribution >= 0.6 is 0 Å². The summed E-state index contributed by atoms with van der Waals surface area (Å²) < 4.78 is 56.7. The molecule has 2 aromatic carbocycles. The number of ether oxygens (including phenoxy) is 3. The van der Waals surface area contributed by atoms with E-state index in [1.807, 2.05) is 12.1 Å². The molecular weight excluding hydrogens is 389 g/mol. The molecule has 1 saturated heterocycles. The van der Waals surface area contributed by atoms with Crippen LogP contribution in [0.3, 0.4) is 0 Å². The van der Waals surface area contributed by atoms with Gasteiger partial charge >= 0.3 is 0 Å². The van der Waals surface area contributed by atoms with Gasteiger partial charge in [-0.1, -0.05) is 6.07 Å². The minimum Gasteiger partial charge on any atom is -0.454 e. The van der Waals surface area contributed by atoms with Crippen molar-refractivity contribution >= 4 is 5.91 Å². The first-order valence-electron chi connectivity index (χ1n) is 9.17. The average Bonchev–Trinajstić information content (AvgIpc) is 3.21. The molecule has 9 heteroatoms. The minimum atomic E-state index is -1.67. The first-order chi connectivity index (χ1) is 14.0. The largest absolute Gasteiger partial charge is 0.454 e. The predicted octanol–water partition coefficient (Wildman–Crippen LogP) is 2.64. The maximum atomic E-state index is 13.9. The van der Waals surface area contributed by atoms with E-state index in [-0.39, 0.29) is 19.4 Å². The smallest absolute Gasteiger partial charge is 0.254 e. The highest BCUT2D eigenvalue weighted by atomic mass is 19.2. The highest BCUT2D eigenvalue weighted by Crippen LogP contribution is 2.35. The van der Waals surface area contributed by atoms with Crippen molar-refractivity contribution < 1.29 is 32.2 Å². The van der Waals surface area contributed by atoms with Crippen LogP contribution in [0.1, 0.15) is 22.0 Å². The van der Waals surface area contributed by atoms with E-state index in [1.165, 1.54) is 0 Å². The molecule has 0 unspecified atom stereocenters. The van der Waals surface area contributed by atoms with E-state index in [1.54, 1.807) is 6.07 Å². The van der Waals surface area contributed by atoms with Gasteiger partial charge in [0.15, 0.2) is 29.0 Å². The van der Waals surface area contributed by atoms with Gasteiger partial charge in [0.05, 0.1) is 24.8 Å². The van der Waals surface area contributed by atoms with Crippen LogP contribution in [-0.2, 0) is 4.74 Å². The average molecular weight is 408 g/mol. The van der Waals surface area contributed by atoms with Crippen molar-refractivity contribution in [3.05, 3.63) is 58.9 Å². The van der Waals surface area contributed by atoms with Crippen LogP contribution in [0.25, 0.3) is 0 Å². The fraction of sp³-hybridized carbons (Fsp3) is 0.350. The Labute approximate surface area is 165 Å². The molecule has 4 rings (SSSR count). The van der Waals surface area contributed by atoms with Crippen molar-refractivity contribution in [1.82, 2.24) is 10.2 Å². The van der Waals surface area contributed by atoms with Gasteiger partial charge in [-0.3, -0.25) is 9.69 Å². The van der Waals surface area contributed by atoms with Crippen molar-refractivity contribution in [2.75, 3.05) is 39.6 Å². The third-order valence-electron chi connectivity index (χ3n) is 5.00. The maximum absolute atomic E-state index is 13.9. The minimum absolute atomic E-state index is 0.136. The van der Waals surface area contributed by atoms with Gasteiger partial charge in [0.1, 0.15) is 0 Å². The number of carbonyl (C=O) groups is 1. The number of nitrogens with zero attached hydrogens (tertiary/aromatic N) is 1.